The Balaban J connectivity index is 3.02. The Labute approximate surface area is 108 Å². The highest BCUT2D eigenvalue weighted by molar-refractivity contribution is 5.88. The highest BCUT2D eigenvalue weighted by atomic mass is 16.5. The van der Waals surface area contributed by atoms with Crippen LogP contribution in [0.25, 0.3) is 0 Å². The van der Waals surface area contributed by atoms with Crippen molar-refractivity contribution in [2.24, 2.45) is 5.41 Å². The van der Waals surface area contributed by atoms with E-state index in [1.807, 2.05) is 26.8 Å². The van der Waals surface area contributed by atoms with Crippen LogP contribution in [-0.4, -0.2) is 18.4 Å². The summed E-state index contributed by atoms with van der Waals surface area (Å²) in [7, 11) is 0. The zero-order valence-corrected chi connectivity index (χ0v) is 11.6. The third-order valence-electron chi connectivity index (χ3n) is 3.45. The van der Waals surface area contributed by atoms with E-state index < -0.39 is 11.5 Å². The smallest absolute Gasteiger partial charge is 0.334 e. The predicted molar refractivity (Wildman–Crippen MR) is 71.0 cm³/mol. The number of hydrogen-bond acceptors (Lipinski definition) is 3. The van der Waals surface area contributed by atoms with E-state index >= 15 is 0 Å². The van der Waals surface area contributed by atoms with Gasteiger partial charge in [-0.1, -0.05) is 32.1 Å². The maximum absolute atomic E-state index is 11.8. The molecule has 0 aromatic carbocycles. The molecule has 0 amide bonds. The molecule has 0 bridgehead atoms. The van der Waals surface area contributed by atoms with E-state index in [0.29, 0.717) is 11.1 Å². The van der Waals surface area contributed by atoms with Gasteiger partial charge in [0.05, 0.1) is 0 Å². The van der Waals surface area contributed by atoms with Crippen molar-refractivity contribution >= 4 is 12.3 Å². The molecule has 3 nitrogen and oxygen atoms in total. The first-order valence-electron chi connectivity index (χ1n) is 6.02. The second-order valence-electron chi connectivity index (χ2n) is 5.13. The summed E-state index contributed by atoms with van der Waals surface area (Å²) in [6.45, 7) is 9.23. The highest BCUT2D eigenvalue weighted by Gasteiger charge is 2.39. The molecule has 0 N–H and O–H groups in total. The number of aldehydes is 1. The van der Waals surface area contributed by atoms with E-state index in [-0.39, 0.29) is 5.97 Å². The number of allylic oxidation sites excluding steroid dienone is 3. The molecular formula is C15H20O3. The van der Waals surface area contributed by atoms with E-state index in [0.717, 1.165) is 11.9 Å². The standard InChI is InChI=1S/C15H20O3/c1-6-10(2)14(17)18-13-11(3)7-8-12(9-16)15(13,4)5/h6-9,13H,1-5H3/b10-6-/t13-/m0/s1. The molecule has 0 saturated carbocycles. The second-order valence-corrected chi connectivity index (χ2v) is 5.13. The van der Waals surface area contributed by atoms with Crippen molar-refractivity contribution in [1.29, 1.82) is 0 Å². The van der Waals surface area contributed by atoms with Crippen molar-refractivity contribution in [3.63, 3.8) is 0 Å². The summed E-state index contributed by atoms with van der Waals surface area (Å²) in [5.41, 5.74) is 1.66. The number of hydrogen-bond donors (Lipinski definition) is 0. The van der Waals surface area contributed by atoms with Crippen LogP contribution in [0.15, 0.2) is 34.9 Å². The summed E-state index contributed by atoms with van der Waals surface area (Å²) in [5, 5.41) is 0. The first kappa shape index (κ1) is 14.4. The van der Waals surface area contributed by atoms with Crippen molar-refractivity contribution in [2.45, 2.75) is 40.7 Å². The van der Waals surface area contributed by atoms with Gasteiger partial charge in [-0.25, -0.2) is 4.79 Å². The topological polar surface area (TPSA) is 43.4 Å². The molecule has 0 spiro atoms. The third-order valence-corrected chi connectivity index (χ3v) is 3.45. The largest absolute Gasteiger partial charge is 0.454 e. The fourth-order valence-electron chi connectivity index (χ4n) is 1.99. The highest BCUT2D eigenvalue weighted by Crippen LogP contribution is 2.38. The van der Waals surface area contributed by atoms with Crippen LogP contribution in [0.2, 0.25) is 0 Å². The van der Waals surface area contributed by atoms with Crippen LogP contribution in [0.3, 0.4) is 0 Å². The Morgan fingerprint density at radius 3 is 2.50 bits per heavy atom. The molecule has 0 radical (unpaired) electrons. The molecule has 1 aliphatic carbocycles. The van der Waals surface area contributed by atoms with Crippen LogP contribution < -0.4 is 0 Å². The lowest BCUT2D eigenvalue weighted by atomic mass is 9.73. The fourth-order valence-corrected chi connectivity index (χ4v) is 1.99. The van der Waals surface area contributed by atoms with Gasteiger partial charge in [0.15, 0.2) is 0 Å². The number of carbonyl (C=O) groups is 2. The molecule has 0 saturated heterocycles. The first-order chi connectivity index (χ1) is 8.34. The summed E-state index contributed by atoms with van der Waals surface area (Å²) >= 11 is 0. The average Bonchev–Trinajstić information content (AvgIpc) is 2.33. The zero-order chi connectivity index (χ0) is 13.9. The van der Waals surface area contributed by atoms with Crippen LogP contribution in [0.4, 0.5) is 0 Å². The van der Waals surface area contributed by atoms with Crippen LogP contribution in [0.1, 0.15) is 34.6 Å². The molecule has 0 aromatic heterocycles. The van der Waals surface area contributed by atoms with Gasteiger partial charge in [-0.15, -0.1) is 0 Å². The van der Waals surface area contributed by atoms with Gasteiger partial charge in [0.1, 0.15) is 12.4 Å². The SMILES string of the molecule is C/C=C(/C)C(=O)O[C@H]1C(C)=CC=C(C=O)C1(C)C. The Hall–Kier alpha value is -1.64. The van der Waals surface area contributed by atoms with E-state index in [9.17, 15) is 9.59 Å². The van der Waals surface area contributed by atoms with E-state index in [1.165, 1.54) is 0 Å². The monoisotopic (exact) mass is 248 g/mol. The lowest BCUT2D eigenvalue weighted by Gasteiger charge is -2.37. The molecule has 0 aromatic rings. The van der Waals surface area contributed by atoms with Gasteiger partial charge in [-0.3, -0.25) is 4.79 Å². The molecule has 18 heavy (non-hydrogen) atoms. The average molecular weight is 248 g/mol. The summed E-state index contributed by atoms with van der Waals surface area (Å²) < 4.78 is 5.53. The number of carbonyl (C=O) groups excluding carboxylic acids is 2. The summed E-state index contributed by atoms with van der Waals surface area (Å²) in [5.74, 6) is -0.338. The van der Waals surface area contributed by atoms with Crippen molar-refractivity contribution in [3.05, 3.63) is 34.9 Å². The van der Waals surface area contributed by atoms with Crippen LogP contribution in [0.5, 0.6) is 0 Å². The lowest BCUT2D eigenvalue weighted by molar-refractivity contribution is -0.147. The molecule has 98 valence electrons. The molecule has 0 heterocycles. The predicted octanol–water partition coefficient (Wildman–Crippen LogP) is 2.98. The second kappa shape index (κ2) is 5.34. The maximum atomic E-state index is 11.8. The normalized spacial score (nSPS) is 22.9. The van der Waals surface area contributed by atoms with Crippen molar-refractivity contribution in [3.8, 4) is 0 Å². The number of ether oxygens (including phenoxy) is 1. The van der Waals surface area contributed by atoms with Gasteiger partial charge in [0.25, 0.3) is 0 Å². The summed E-state index contributed by atoms with van der Waals surface area (Å²) in [6.07, 6.45) is 5.76. The van der Waals surface area contributed by atoms with Gasteiger partial charge in [0, 0.05) is 16.6 Å². The minimum absolute atomic E-state index is 0.338. The van der Waals surface area contributed by atoms with Crippen LogP contribution >= 0.6 is 0 Å². The Morgan fingerprint density at radius 1 is 1.39 bits per heavy atom. The lowest BCUT2D eigenvalue weighted by Crippen LogP contribution is -2.38. The third kappa shape index (κ3) is 2.61. The van der Waals surface area contributed by atoms with Gasteiger partial charge in [-0.2, -0.15) is 0 Å². The van der Waals surface area contributed by atoms with Gasteiger partial charge < -0.3 is 4.74 Å². The first-order valence-corrected chi connectivity index (χ1v) is 6.02. The molecule has 0 unspecified atom stereocenters. The van der Waals surface area contributed by atoms with Crippen LogP contribution in [-0.2, 0) is 14.3 Å². The van der Waals surface area contributed by atoms with E-state index in [2.05, 4.69) is 0 Å². The van der Waals surface area contributed by atoms with Crippen molar-refractivity contribution in [2.75, 3.05) is 0 Å². The Morgan fingerprint density at radius 2 is 2.00 bits per heavy atom. The molecular weight excluding hydrogens is 228 g/mol. The van der Waals surface area contributed by atoms with Crippen LogP contribution in [0, 0.1) is 5.41 Å². The molecule has 0 fully saturated rings. The maximum Gasteiger partial charge on any atom is 0.334 e. The minimum Gasteiger partial charge on any atom is -0.454 e. The summed E-state index contributed by atoms with van der Waals surface area (Å²) in [6, 6.07) is 0. The molecule has 1 aliphatic rings. The minimum atomic E-state index is -0.496. The fraction of sp³-hybridized carbons (Fsp3) is 0.467. The number of esters is 1. The molecule has 3 heteroatoms. The van der Waals surface area contributed by atoms with Gasteiger partial charge in [-0.05, 0) is 26.3 Å². The Bertz CT molecular complexity index is 450. The number of rotatable bonds is 3. The van der Waals surface area contributed by atoms with Crippen molar-refractivity contribution < 1.29 is 14.3 Å². The van der Waals surface area contributed by atoms with Gasteiger partial charge in [0.2, 0.25) is 0 Å². The Kier molecular flexibility index (Phi) is 4.28. The molecule has 1 rings (SSSR count). The zero-order valence-electron chi connectivity index (χ0n) is 11.6. The van der Waals surface area contributed by atoms with E-state index in [4.69, 9.17) is 4.74 Å². The molecule has 0 aliphatic heterocycles. The van der Waals surface area contributed by atoms with Gasteiger partial charge >= 0.3 is 5.97 Å². The summed E-state index contributed by atoms with van der Waals surface area (Å²) in [4.78, 5) is 22.9. The van der Waals surface area contributed by atoms with Crippen molar-refractivity contribution in [1.82, 2.24) is 0 Å². The molecule has 1 atom stereocenters. The quantitative estimate of drug-likeness (QED) is 0.438. The van der Waals surface area contributed by atoms with E-state index in [1.54, 1.807) is 26.0 Å².